The van der Waals surface area contributed by atoms with Gasteiger partial charge in [0, 0.05) is 39.3 Å². The summed E-state index contributed by atoms with van der Waals surface area (Å²) in [5.41, 5.74) is 10.5. The number of H-pyrrole nitrogens is 1. The largest absolute Gasteiger partial charge is 0.399 e. The number of benzene rings is 2. The van der Waals surface area contributed by atoms with Crippen LogP contribution in [0.25, 0.3) is 16.8 Å². The Morgan fingerprint density at radius 3 is 2.61 bits per heavy atom. The Hall–Kier alpha value is -2.96. The third-order valence-corrected chi connectivity index (χ3v) is 4.98. The van der Waals surface area contributed by atoms with Gasteiger partial charge in [0.2, 0.25) is 0 Å². The third kappa shape index (κ3) is 3.44. The summed E-state index contributed by atoms with van der Waals surface area (Å²) in [6.07, 6.45) is 0. The van der Waals surface area contributed by atoms with E-state index >= 15 is 0 Å². The van der Waals surface area contributed by atoms with Gasteiger partial charge >= 0.3 is 0 Å². The molecule has 0 aliphatic heterocycles. The summed E-state index contributed by atoms with van der Waals surface area (Å²) < 4.78 is 1.42. The Balaban J connectivity index is 1.76. The van der Waals surface area contributed by atoms with E-state index < -0.39 is 0 Å². The van der Waals surface area contributed by atoms with Gasteiger partial charge < -0.3 is 11.1 Å². The minimum absolute atomic E-state index is 0.196. The van der Waals surface area contributed by atoms with Gasteiger partial charge in [0.05, 0.1) is 17.3 Å². The maximum Gasteiger partial charge on any atom is 0.272 e. The minimum Gasteiger partial charge on any atom is -0.399 e. The number of hydrogen-bond donors (Lipinski definition) is 3. The molecule has 142 valence electrons. The monoisotopic (exact) mass is 413 g/mol. The van der Waals surface area contributed by atoms with Crippen LogP contribution in [0.4, 0.5) is 11.4 Å². The van der Waals surface area contributed by atoms with Crippen molar-refractivity contribution >= 4 is 40.2 Å². The number of fused-ring (bicyclic) bond motifs is 1. The number of aromatic nitrogens is 3. The van der Waals surface area contributed by atoms with Crippen LogP contribution in [0.1, 0.15) is 11.4 Å². The average Bonchev–Trinajstić information content (AvgIpc) is 2.98. The summed E-state index contributed by atoms with van der Waals surface area (Å²) in [5.74, 6) is 0. The quantitative estimate of drug-likeness (QED) is 0.429. The van der Waals surface area contributed by atoms with Gasteiger partial charge in [-0.3, -0.25) is 9.89 Å². The fraction of sp³-hybridized carbons (Fsp3) is 0.100. The zero-order chi connectivity index (χ0) is 19.8. The van der Waals surface area contributed by atoms with E-state index in [1.54, 1.807) is 12.1 Å². The topological polar surface area (TPSA) is 88.2 Å². The highest BCUT2D eigenvalue weighted by atomic mass is 35.5. The predicted octanol–water partition coefficient (Wildman–Crippen LogP) is 4.50. The van der Waals surface area contributed by atoms with E-state index in [0.717, 1.165) is 22.5 Å². The molecule has 0 unspecified atom stereocenters. The molecule has 2 aromatic carbocycles. The molecule has 0 bridgehead atoms. The Bertz CT molecular complexity index is 1230. The number of nitrogens with zero attached hydrogens (tertiary/aromatic N) is 2. The van der Waals surface area contributed by atoms with Crippen molar-refractivity contribution in [2.75, 3.05) is 11.1 Å². The molecule has 4 rings (SSSR count). The highest BCUT2D eigenvalue weighted by molar-refractivity contribution is 6.36. The number of rotatable bonds is 4. The fourth-order valence-corrected chi connectivity index (χ4v) is 3.60. The van der Waals surface area contributed by atoms with Crippen LogP contribution in [0.5, 0.6) is 0 Å². The van der Waals surface area contributed by atoms with Gasteiger partial charge in [-0.1, -0.05) is 29.3 Å². The number of nitrogen functional groups attached to an aromatic ring is 1. The highest BCUT2D eigenvalue weighted by Crippen LogP contribution is 2.34. The first-order chi connectivity index (χ1) is 13.4. The van der Waals surface area contributed by atoms with Crippen molar-refractivity contribution in [1.82, 2.24) is 14.6 Å². The summed E-state index contributed by atoms with van der Waals surface area (Å²) in [6, 6.07) is 14.1. The molecular weight excluding hydrogens is 397 g/mol. The van der Waals surface area contributed by atoms with Gasteiger partial charge in [0.1, 0.15) is 0 Å². The lowest BCUT2D eigenvalue weighted by Crippen LogP contribution is -2.17. The molecule has 6 nitrogen and oxygen atoms in total. The van der Waals surface area contributed by atoms with E-state index in [1.165, 1.54) is 10.6 Å². The molecule has 8 heteroatoms. The van der Waals surface area contributed by atoms with Crippen LogP contribution < -0.4 is 16.6 Å². The number of aryl methyl sites for hydroxylation is 1. The molecule has 2 aromatic heterocycles. The summed E-state index contributed by atoms with van der Waals surface area (Å²) >= 11 is 12.4. The van der Waals surface area contributed by atoms with Crippen molar-refractivity contribution in [3.05, 3.63) is 80.3 Å². The average molecular weight is 414 g/mol. The number of nitrogens with two attached hydrogens (primary N) is 1. The second-order valence-corrected chi connectivity index (χ2v) is 7.30. The number of anilines is 2. The highest BCUT2D eigenvalue weighted by Gasteiger charge is 2.17. The lowest BCUT2D eigenvalue weighted by atomic mass is 10.1. The Kier molecular flexibility index (Phi) is 4.75. The maximum atomic E-state index is 12.6. The van der Waals surface area contributed by atoms with E-state index in [-0.39, 0.29) is 5.56 Å². The van der Waals surface area contributed by atoms with E-state index in [9.17, 15) is 4.79 Å². The van der Waals surface area contributed by atoms with Crippen molar-refractivity contribution in [3.8, 4) is 11.1 Å². The van der Waals surface area contributed by atoms with Crippen molar-refractivity contribution in [2.45, 2.75) is 13.5 Å². The first-order valence-electron chi connectivity index (χ1n) is 8.58. The second kappa shape index (κ2) is 7.22. The van der Waals surface area contributed by atoms with Crippen LogP contribution in [-0.2, 0) is 6.54 Å². The fourth-order valence-electron chi connectivity index (χ4n) is 3.10. The van der Waals surface area contributed by atoms with Crippen molar-refractivity contribution < 1.29 is 0 Å². The SMILES string of the molecule is Cc1[nH]n2c(=O)cc(CNc3ccc(N)cc3)nc2c1-c1ccc(Cl)cc1Cl. The zero-order valence-electron chi connectivity index (χ0n) is 15.0. The summed E-state index contributed by atoms with van der Waals surface area (Å²) in [4.78, 5) is 17.3. The molecule has 0 aliphatic rings. The smallest absolute Gasteiger partial charge is 0.272 e. The van der Waals surface area contributed by atoms with Crippen LogP contribution in [0, 0.1) is 6.92 Å². The Morgan fingerprint density at radius 1 is 1.14 bits per heavy atom. The van der Waals surface area contributed by atoms with Crippen LogP contribution >= 0.6 is 23.2 Å². The number of halogens is 2. The maximum absolute atomic E-state index is 12.6. The lowest BCUT2D eigenvalue weighted by Gasteiger charge is -2.08. The first kappa shape index (κ1) is 18.4. The molecule has 0 spiro atoms. The second-order valence-electron chi connectivity index (χ2n) is 6.46. The van der Waals surface area contributed by atoms with Gasteiger partial charge in [0.15, 0.2) is 5.65 Å². The molecule has 2 heterocycles. The number of nitrogens with one attached hydrogen (secondary N) is 2. The molecule has 0 saturated carbocycles. The van der Waals surface area contributed by atoms with E-state index in [0.29, 0.717) is 33.6 Å². The van der Waals surface area contributed by atoms with E-state index in [1.807, 2.05) is 37.3 Å². The Morgan fingerprint density at radius 2 is 1.89 bits per heavy atom. The van der Waals surface area contributed by atoms with Gasteiger partial charge in [-0.25, -0.2) is 9.50 Å². The summed E-state index contributed by atoms with van der Waals surface area (Å²) in [5, 5.41) is 7.35. The number of aromatic amines is 1. The standard InChI is InChI=1S/C20H17Cl2N5O/c1-11-19(16-7-2-12(21)8-17(16)22)20-25-15(9-18(28)27(20)26-11)10-24-14-5-3-13(23)4-6-14/h2-9,24,26H,10,23H2,1H3. The van der Waals surface area contributed by atoms with Crippen LogP contribution in [0.2, 0.25) is 10.0 Å². The normalized spacial score (nSPS) is 11.1. The van der Waals surface area contributed by atoms with E-state index in [2.05, 4.69) is 15.4 Å². The predicted molar refractivity (Wildman–Crippen MR) is 114 cm³/mol. The van der Waals surface area contributed by atoms with Crippen molar-refractivity contribution in [1.29, 1.82) is 0 Å². The summed E-state index contributed by atoms with van der Waals surface area (Å²) in [6.45, 7) is 2.27. The molecular formula is C20H17Cl2N5O. The van der Waals surface area contributed by atoms with Gasteiger partial charge in [-0.05, 0) is 43.3 Å². The van der Waals surface area contributed by atoms with Crippen LogP contribution in [-0.4, -0.2) is 14.6 Å². The van der Waals surface area contributed by atoms with Gasteiger partial charge in [-0.15, -0.1) is 0 Å². The molecule has 0 atom stereocenters. The molecule has 0 fully saturated rings. The molecule has 0 amide bonds. The van der Waals surface area contributed by atoms with Crippen molar-refractivity contribution in [3.63, 3.8) is 0 Å². The molecule has 28 heavy (non-hydrogen) atoms. The molecule has 0 aliphatic carbocycles. The van der Waals surface area contributed by atoms with Crippen LogP contribution in [0.15, 0.2) is 53.3 Å². The van der Waals surface area contributed by atoms with Crippen LogP contribution in [0.3, 0.4) is 0 Å². The molecule has 0 saturated heterocycles. The van der Waals surface area contributed by atoms with Gasteiger partial charge in [0.25, 0.3) is 5.56 Å². The lowest BCUT2D eigenvalue weighted by molar-refractivity contribution is 0.863. The zero-order valence-corrected chi connectivity index (χ0v) is 16.5. The first-order valence-corrected chi connectivity index (χ1v) is 9.34. The Labute approximate surface area is 170 Å². The number of hydrogen-bond acceptors (Lipinski definition) is 4. The molecule has 4 N–H and O–H groups in total. The molecule has 4 aromatic rings. The summed E-state index contributed by atoms with van der Waals surface area (Å²) in [7, 11) is 0. The third-order valence-electron chi connectivity index (χ3n) is 4.43. The van der Waals surface area contributed by atoms with E-state index in [4.69, 9.17) is 28.9 Å². The minimum atomic E-state index is -0.196. The molecule has 0 radical (unpaired) electrons. The van der Waals surface area contributed by atoms with Crippen molar-refractivity contribution in [2.24, 2.45) is 0 Å². The van der Waals surface area contributed by atoms with Gasteiger partial charge in [-0.2, -0.15) is 0 Å².